The second kappa shape index (κ2) is 16.5. The van der Waals surface area contributed by atoms with Gasteiger partial charge in [-0.15, -0.1) is 0 Å². The number of carbonyl (C=O) groups excluding carboxylic acids is 4. The Morgan fingerprint density at radius 2 is 1.67 bits per heavy atom. The summed E-state index contributed by atoms with van der Waals surface area (Å²) in [5, 5.41) is 2.68. The molecule has 2 aromatic heterocycles. The number of pyridine rings is 1. The van der Waals surface area contributed by atoms with Crippen molar-refractivity contribution in [3.63, 3.8) is 0 Å². The third kappa shape index (κ3) is 9.59. The fourth-order valence-electron chi connectivity index (χ4n) is 4.54. The van der Waals surface area contributed by atoms with Crippen molar-refractivity contribution in [2.75, 3.05) is 25.0 Å². The highest BCUT2D eigenvalue weighted by atomic mass is 16.5. The van der Waals surface area contributed by atoms with Gasteiger partial charge in [-0.25, -0.2) is 4.79 Å². The summed E-state index contributed by atoms with van der Waals surface area (Å²) in [5.74, 6) is -1.87. The van der Waals surface area contributed by atoms with Gasteiger partial charge in [-0.1, -0.05) is 67.6 Å². The molecule has 2 heterocycles. The van der Waals surface area contributed by atoms with Crippen molar-refractivity contribution >= 4 is 29.5 Å². The van der Waals surface area contributed by atoms with E-state index in [9.17, 15) is 19.2 Å². The van der Waals surface area contributed by atoms with E-state index in [1.807, 2.05) is 67.6 Å². The van der Waals surface area contributed by atoms with Crippen LogP contribution in [0.25, 0.3) is 0 Å². The van der Waals surface area contributed by atoms with E-state index in [0.29, 0.717) is 31.5 Å². The largest absolute Gasteiger partial charge is 0.445 e. The van der Waals surface area contributed by atoms with E-state index in [1.54, 1.807) is 25.4 Å². The van der Waals surface area contributed by atoms with Crippen LogP contribution in [0.15, 0.2) is 95.9 Å². The summed E-state index contributed by atoms with van der Waals surface area (Å²) < 4.78 is 10.6. The smallest absolute Gasteiger partial charge is 0.407 e. The van der Waals surface area contributed by atoms with Gasteiger partial charge in [0.2, 0.25) is 5.91 Å². The summed E-state index contributed by atoms with van der Waals surface area (Å²) >= 11 is 0. The van der Waals surface area contributed by atoms with E-state index < -0.39 is 23.8 Å². The van der Waals surface area contributed by atoms with Crippen LogP contribution in [-0.4, -0.2) is 58.8 Å². The molecule has 0 bridgehead atoms. The van der Waals surface area contributed by atoms with E-state index in [4.69, 9.17) is 9.15 Å². The highest BCUT2D eigenvalue weighted by molar-refractivity contribution is 6.06. The Labute approximate surface area is 262 Å². The van der Waals surface area contributed by atoms with Gasteiger partial charge in [-0.2, -0.15) is 4.98 Å². The number of alkyl carbamates (subject to hydrolysis) is 1. The molecule has 234 valence electrons. The minimum absolute atomic E-state index is 0.0695. The predicted molar refractivity (Wildman–Crippen MR) is 167 cm³/mol. The molecule has 11 nitrogen and oxygen atoms in total. The lowest BCUT2D eigenvalue weighted by Crippen LogP contribution is -2.38. The van der Waals surface area contributed by atoms with E-state index in [2.05, 4.69) is 15.3 Å². The fourth-order valence-corrected chi connectivity index (χ4v) is 4.54. The molecule has 1 atom stereocenters. The predicted octanol–water partition coefficient (Wildman–Crippen LogP) is 5.61. The summed E-state index contributed by atoms with van der Waals surface area (Å²) in [5.41, 5.74) is 2.45. The van der Waals surface area contributed by atoms with Crippen molar-refractivity contribution in [2.45, 2.75) is 45.1 Å². The van der Waals surface area contributed by atoms with Crippen LogP contribution in [0.1, 0.15) is 70.8 Å². The van der Waals surface area contributed by atoms with Gasteiger partial charge in [-0.3, -0.25) is 24.3 Å². The molecule has 2 aromatic carbocycles. The lowest BCUT2D eigenvalue weighted by Gasteiger charge is -2.22. The normalized spacial score (nSPS) is 11.3. The maximum Gasteiger partial charge on any atom is 0.407 e. The number of ether oxygens (including phenoxy) is 1. The Morgan fingerprint density at radius 3 is 2.38 bits per heavy atom. The van der Waals surface area contributed by atoms with Crippen molar-refractivity contribution in [3.05, 3.63) is 114 Å². The van der Waals surface area contributed by atoms with E-state index in [-0.39, 0.29) is 37.1 Å². The van der Waals surface area contributed by atoms with Gasteiger partial charge in [0, 0.05) is 32.8 Å². The van der Waals surface area contributed by atoms with E-state index in [1.165, 1.54) is 11.1 Å². The Bertz CT molecular complexity index is 1550. The number of benzene rings is 2. The summed E-state index contributed by atoms with van der Waals surface area (Å²) in [4.78, 5) is 62.4. The Morgan fingerprint density at radius 1 is 0.933 bits per heavy atom. The fraction of sp³-hybridized carbons (Fsp3) is 0.294. The first-order valence-corrected chi connectivity index (χ1v) is 14.8. The standard InChI is InChI=1S/C34H37N5O6/c1-25(27-14-7-4-8-15-27)18-21-39(30(40)17-9-10-20-36-34(43)45-23-26-12-5-3-6-13-26)33(42)31-37-29(24-44-31)32(41)38(2)28-16-11-19-35-22-28/h3-8,11-16,19,22,24-25H,9-10,17-18,20-21,23H2,1-2H3,(H,36,43). The van der Waals surface area contributed by atoms with Crippen LogP contribution in [0.4, 0.5) is 10.5 Å². The summed E-state index contributed by atoms with van der Waals surface area (Å²) in [7, 11) is 1.56. The molecule has 1 unspecified atom stereocenters. The Balaban J connectivity index is 1.34. The van der Waals surface area contributed by atoms with Crippen LogP contribution >= 0.6 is 0 Å². The number of carbonyl (C=O) groups is 4. The van der Waals surface area contributed by atoms with E-state index >= 15 is 0 Å². The minimum Gasteiger partial charge on any atom is -0.445 e. The van der Waals surface area contributed by atoms with Crippen LogP contribution in [0.2, 0.25) is 0 Å². The average Bonchev–Trinajstić information content (AvgIpc) is 3.58. The van der Waals surface area contributed by atoms with Gasteiger partial charge in [0.15, 0.2) is 5.69 Å². The maximum atomic E-state index is 13.5. The molecular formula is C34H37N5O6. The molecule has 4 aromatic rings. The number of hydrogen-bond acceptors (Lipinski definition) is 8. The number of nitrogens with one attached hydrogen (secondary N) is 1. The molecule has 11 heteroatoms. The van der Waals surface area contributed by atoms with Crippen molar-refractivity contribution in [3.8, 4) is 0 Å². The number of unbranched alkanes of at least 4 members (excludes halogenated alkanes) is 1. The maximum absolute atomic E-state index is 13.5. The first-order valence-electron chi connectivity index (χ1n) is 14.8. The van der Waals surface area contributed by atoms with Crippen LogP contribution in [-0.2, 0) is 16.1 Å². The second-order valence-corrected chi connectivity index (χ2v) is 10.5. The van der Waals surface area contributed by atoms with Gasteiger partial charge >= 0.3 is 12.0 Å². The third-order valence-corrected chi connectivity index (χ3v) is 7.24. The number of hydrogen-bond donors (Lipinski definition) is 1. The van der Waals surface area contributed by atoms with Crippen LogP contribution < -0.4 is 10.2 Å². The average molecular weight is 612 g/mol. The SMILES string of the molecule is CC(CCN(C(=O)CCCCNC(=O)OCc1ccccc1)C(=O)c1nc(C(=O)N(C)c2cccnc2)co1)c1ccccc1. The van der Waals surface area contributed by atoms with Gasteiger partial charge in [0.25, 0.3) is 11.8 Å². The first kappa shape index (κ1) is 32.6. The quantitative estimate of drug-likeness (QED) is 0.182. The Kier molecular flexibility index (Phi) is 12.0. The molecular weight excluding hydrogens is 574 g/mol. The van der Waals surface area contributed by atoms with Crippen molar-refractivity contribution in [1.29, 1.82) is 0 Å². The molecule has 0 saturated heterocycles. The molecule has 1 N–H and O–H groups in total. The van der Waals surface area contributed by atoms with Gasteiger partial charge in [-0.05, 0) is 48.4 Å². The molecule has 0 aliphatic rings. The minimum atomic E-state index is -0.717. The molecule has 4 amide bonds. The molecule has 0 aliphatic heterocycles. The lowest BCUT2D eigenvalue weighted by atomic mass is 9.97. The molecule has 0 saturated carbocycles. The van der Waals surface area contributed by atoms with Crippen LogP contribution in [0.3, 0.4) is 0 Å². The highest BCUT2D eigenvalue weighted by Crippen LogP contribution is 2.21. The number of oxazole rings is 1. The van der Waals surface area contributed by atoms with Crippen LogP contribution in [0, 0.1) is 0 Å². The molecule has 0 aliphatic carbocycles. The third-order valence-electron chi connectivity index (χ3n) is 7.24. The molecule has 4 rings (SSSR count). The number of aromatic nitrogens is 2. The van der Waals surface area contributed by atoms with Crippen molar-refractivity contribution < 1.29 is 28.3 Å². The van der Waals surface area contributed by atoms with Gasteiger partial charge in [0.05, 0.1) is 11.9 Å². The lowest BCUT2D eigenvalue weighted by molar-refractivity contribution is -0.128. The van der Waals surface area contributed by atoms with Crippen molar-refractivity contribution in [1.82, 2.24) is 20.2 Å². The number of rotatable bonds is 14. The van der Waals surface area contributed by atoms with Gasteiger partial charge in [0.1, 0.15) is 12.9 Å². The van der Waals surface area contributed by atoms with Gasteiger partial charge < -0.3 is 19.4 Å². The highest BCUT2D eigenvalue weighted by Gasteiger charge is 2.29. The monoisotopic (exact) mass is 611 g/mol. The molecule has 45 heavy (non-hydrogen) atoms. The van der Waals surface area contributed by atoms with Crippen molar-refractivity contribution in [2.24, 2.45) is 0 Å². The summed E-state index contributed by atoms with van der Waals surface area (Å²) in [6, 6.07) is 22.6. The molecule has 0 fully saturated rings. The number of amides is 4. The number of anilines is 1. The zero-order valence-electron chi connectivity index (χ0n) is 25.4. The zero-order chi connectivity index (χ0) is 32.0. The second-order valence-electron chi connectivity index (χ2n) is 10.5. The molecule has 0 spiro atoms. The zero-order valence-corrected chi connectivity index (χ0v) is 25.4. The summed E-state index contributed by atoms with van der Waals surface area (Å²) in [6.07, 6.45) is 5.22. The topological polar surface area (TPSA) is 135 Å². The number of nitrogens with zero attached hydrogens (tertiary/aromatic N) is 4. The summed E-state index contributed by atoms with van der Waals surface area (Å²) in [6.45, 7) is 2.65. The van der Waals surface area contributed by atoms with E-state index in [0.717, 1.165) is 22.3 Å². The first-order chi connectivity index (χ1) is 21.8. The van der Waals surface area contributed by atoms with Crippen LogP contribution in [0.5, 0.6) is 0 Å². The number of imide groups is 1. The Hall–Kier alpha value is -5.32. The molecule has 0 radical (unpaired) electrons.